The van der Waals surface area contributed by atoms with E-state index in [9.17, 15) is 4.79 Å². The molecule has 0 aliphatic carbocycles. The zero-order valence-corrected chi connectivity index (χ0v) is 12.2. The van der Waals surface area contributed by atoms with Gasteiger partial charge in [0.2, 0.25) is 0 Å². The average Bonchev–Trinajstić information content (AvgIpc) is 3.05. The van der Waals surface area contributed by atoms with Gasteiger partial charge in [-0.2, -0.15) is 5.10 Å². The third-order valence-corrected chi connectivity index (χ3v) is 3.95. The van der Waals surface area contributed by atoms with E-state index in [-0.39, 0.29) is 5.91 Å². The molecule has 0 radical (unpaired) electrons. The first-order valence-electron chi connectivity index (χ1n) is 7.35. The number of likely N-dealkylation sites (tertiary alicyclic amines) is 1. The number of rotatable bonds is 3. The summed E-state index contributed by atoms with van der Waals surface area (Å²) in [6.07, 6.45) is 4.00. The van der Waals surface area contributed by atoms with Crippen molar-refractivity contribution in [1.29, 1.82) is 0 Å². The normalized spacial score (nSPS) is 18.7. The minimum absolute atomic E-state index is 0.0182. The molecule has 2 heterocycles. The maximum atomic E-state index is 12.5. The highest BCUT2D eigenvalue weighted by Crippen LogP contribution is 2.14. The maximum Gasteiger partial charge on any atom is 0.274 e. The standard InChI is InChI=1S/C16H20N4O/c1-17-13-6-5-10-19(12-13)16(21)15-9-11-20(18-15)14-7-3-2-4-8-14/h2-4,7-9,11,13,17H,5-6,10,12H2,1H3. The Morgan fingerprint density at radius 2 is 2.10 bits per heavy atom. The van der Waals surface area contributed by atoms with Crippen molar-refractivity contribution < 1.29 is 4.79 Å². The number of hydrogen-bond acceptors (Lipinski definition) is 3. The fourth-order valence-electron chi connectivity index (χ4n) is 2.72. The highest BCUT2D eigenvalue weighted by atomic mass is 16.2. The minimum Gasteiger partial charge on any atom is -0.336 e. The van der Waals surface area contributed by atoms with E-state index in [1.165, 1.54) is 0 Å². The molecule has 1 aliphatic heterocycles. The summed E-state index contributed by atoms with van der Waals surface area (Å²) in [7, 11) is 1.95. The zero-order chi connectivity index (χ0) is 14.7. The van der Waals surface area contributed by atoms with E-state index in [0.29, 0.717) is 11.7 Å². The molecule has 1 fully saturated rings. The first kappa shape index (κ1) is 13.8. The number of nitrogens with one attached hydrogen (secondary N) is 1. The Bertz CT molecular complexity index is 608. The van der Waals surface area contributed by atoms with E-state index >= 15 is 0 Å². The first-order valence-corrected chi connectivity index (χ1v) is 7.35. The molecule has 5 heteroatoms. The number of nitrogens with zero attached hydrogens (tertiary/aromatic N) is 3. The molecule has 1 saturated heterocycles. The summed E-state index contributed by atoms with van der Waals surface area (Å²) < 4.78 is 1.74. The molecule has 1 atom stereocenters. The van der Waals surface area contributed by atoms with Gasteiger partial charge in [-0.15, -0.1) is 0 Å². The summed E-state index contributed by atoms with van der Waals surface area (Å²) >= 11 is 0. The van der Waals surface area contributed by atoms with Crippen molar-refractivity contribution >= 4 is 5.91 Å². The van der Waals surface area contributed by atoms with Gasteiger partial charge in [-0.1, -0.05) is 18.2 Å². The molecule has 1 aliphatic rings. The molecule has 1 amide bonds. The largest absolute Gasteiger partial charge is 0.336 e. The smallest absolute Gasteiger partial charge is 0.274 e. The summed E-state index contributed by atoms with van der Waals surface area (Å²) in [4.78, 5) is 14.4. The van der Waals surface area contributed by atoms with Crippen LogP contribution in [0.2, 0.25) is 0 Å². The van der Waals surface area contributed by atoms with Gasteiger partial charge in [0.05, 0.1) is 5.69 Å². The second-order valence-corrected chi connectivity index (χ2v) is 5.36. The van der Waals surface area contributed by atoms with Crippen molar-refractivity contribution in [2.24, 2.45) is 0 Å². The van der Waals surface area contributed by atoms with E-state index < -0.39 is 0 Å². The van der Waals surface area contributed by atoms with Crippen LogP contribution in [-0.4, -0.2) is 46.8 Å². The molecule has 0 saturated carbocycles. The van der Waals surface area contributed by atoms with Crippen LogP contribution in [0.4, 0.5) is 0 Å². The summed E-state index contributed by atoms with van der Waals surface area (Å²) in [5, 5.41) is 7.66. The van der Waals surface area contributed by atoms with Gasteiger partial charge >= 0.3 is 0 Å². The third-order valence-electron chi connectivity index (χ3n) is 3.95. The third kappa shape index (κ3) is 2.97. The molecule has 5 nitrogen and oxygen atoms in total. The molecule has 3 rings (SSSR count). The van der Waals surface area contributed by atoms with Crippen molar-refractivity contribution in [3.8, 4) is 5.69 Å². The van der Waals surface area contributed by atoms with Crippen molar-refractivity contribution in [3.05, 3.63) is 48.3 Å². The SMILES string of the molecule is CNC1CCCN(C(=O)c2ccn(-c3ccccc3)n2)C1. The summed E-state index contributed by atoms with van der Waals surface area (Å²) in [6.45, 7) is 1.57. The lowest BCUT2D eigenvalue weighted by molar-refractivity contribution is 0.0691. The van der Waals surface area contributed by atoms with Crippen LogP contribution in [0, 0.1) is 0 Å². The summed E-state index contributed by atoms with van der Waals surface area (Å²) in [5.41, 5.74) is 1.47. The number of likely N-dealkylation sites (N-methyl/N-ethyl adjacent to an activating group) is 1. The molecular formula is C16H20N4O. The second kappa shape index (κ2) is 6.10. The Balaban J connectivity index is 1.75. The Morgan fingerprint density at radius 3 is 2.86 bits per heavy atom. The van der Waals surface area contributed by atoms with Crippen molar-refractivity contribution in [3.63, 3.8) is 0 Å². The van der Waals surface area contributed by atoms with Gasteiger partial charge in [-0.25, -0.2) is 4.68 Å². The molecule has 0 spiro atoms. The lowest BCUT2D eigenvalue weighted by Crippen LogP contribution is -2.47. The number of amides is 1. The van der Waals surface area contributed by atoms with Crippen LogP contribution in [0.15, 0.2) is 42.6 Å². The van der Waals surface area contributed by atoms with Crippen LogP contribution in [-0.2, 0) is 0 Å². The molecule has 1 aromatic carbocycles. The Morgan fingerprint density at radius 1 is 1.29 bits per heavy atom. The van der Waals surface area contributed by atoms with Gasteiger partial charge < -0.3 is 10.2 Å². The summed E-state index contributed by atoms with van der Waals surface area (Å²) in [5.74, 6) is 0.0182. The predicted molar refractivity (Wildman–Crippen MR) is 81.5 cm³/mol. The Kier molecular flexibility index (Phi) is 4.01. The second-order valence-electron chi connectivity index (χ2n) is 5.36. The number of aromatic nitrogens is 2. The number of para-hydroxylation sites is 1. The lowest BCUT2D eigenvalue weighted by Gasteiger charge is -2.32. The van der Waals surface area contributed by atoms with Crippen LogP contribution < -0.4 is 5.32 Å². The van der Waals surface area contributed by atoms with E-state index in [0.717, 1.165) is 31.6 Å². The van der Waals surface area contributed by atoms with Gasteiger partial charge in [-0.3, -0.25) is 4.79 Å². The number of carbonyl (C=O) groups is 1. The fraction of sp³-hybridized carbons (Fsp3) is 0.375. The monoisotopic (exact) mass is 284 g/mol. The van der Waals surface area contributed by atoms with Crippen LogP contribution in [0.25, 0.3) is 5.69 Å². The van der Waals surface area contributed by atoms with E-state index in [1.807, 2.05) is 48.5 Å². The topological polar surface area (TPSA) is 50.2 Å². The lowest BCUT2D eigenvalue weighted by atomic mass is 10.1. The zero-order valence-electron chi connectivity index (χ0n) is 12.2. The van der Waals surface area contributed by atoms with Gasteiger partial charge in [0.15, 0.2) is 5.69 Å². The predicted octanol–water partition coefficient (Wildman–Crippen LogP) is 1.70. The molecule has 1 N–H and O–H groups in total. The van der Waals surface area contributed by atoms with Crippen LogP contribution in [0.3, 0.4) is 0 Å². The molecule has 110 valence electrons. The van der Waals surface area contributed by atoms with Gasteiger partial charge in [0.25, 0.3) is 5.91 Å². The van der Waals surface area contributed by atoms with E-state index in [1.54, 1.807) is 10.7 Å². The molecule has 21 heavy (non-hydrogen) atoms. The fourth-order valence-corrected chi connectivity index (χ4v) is 2.72. The van der Waals surface area contributed by atoms with Crippen molar-refractivity contribution in [2.75, 3.05) is 20.1 Å². The molecule has 1 aromatic heterocycles. The number of hydrogen-bond donors (Lipinski definition) is 1. The van der Waals surface area contributed by atoms with Crippen LogP contribution >= 0.6 is 0 Å². The molecule has 1 unspecified atom stereocenters. The summed E-state index contributed by atoms with van der Waals surface area (Å²) in [6, 6.07) is 12.0. The average molecular weight is 284 g/mol. The number of carbonyl (C=O) groups excluding carboxylic acids is 1. The quantitative estimate of drug-likeness (QED) is 0.933. The number of piperidine rings is 1. The first-order chi connectivity index (χ1) is 10.3. The van der Waals surface area contributed by atoms with Gasteiger partial charge in [0.1, 0.15) is 0 Å². The van der Waals surface area contributed by atoms with Crippen molar-refractivity contribution in [2.45, 2.75) is 18.9 Å². The highest BCUT2D eigenvalue weighted by molar-refractivity contribution is 5.92. The highest BCUT2D eigenvalue weighted by Gasteiger charge is 2.24. The van der Waals surface area contributed by atoms with Crippen LogP contribution in [0.5, 0.6) is 0 Å². The molecule has 2 aromatic rings. The van der Waals surface area contributed by atoms with E-state index in [4.69, 9.17) is 0 Å². The van der Waals surface area contributed by atoms with Gasteiger partial charge in [0, 0.05) is 25.3 Å². The number of benzene rings is 1. The molecular weight excluding hydrogens is 264 g/mol. The van der Waals surface area contributed by atoms with Crippen LogP contribution in [0.1, 0.15) is 23.3 Å². The molecule has 0 bridgehead atoms. The minimum atomic E-state index is 0.0182. The Labute approximate surface area is 124 Å². The van der Waals surface area contributed by atoms with Gasteiger partial charge in [-0.05, 0) is 38.1 Å². The van der Waals surface area contributed by atoms with E-state index in [2.05, 4.69) is 10.4 Å². The Hall–Kier alpha value is -2.14. The van der Waals surface area contributed by atoms with Crippen molar-refractivity contribution in [1.82, 2.24) is 20.0 Å². The maximum absolute atomic E-state index is 12.5.